The molecule has 0 unspecified atom stereocenters. The van der Waals surface area contributed by atoms with Crippen molar-refractivity contribution in [2.75, 3.05) is 20.2 Å². The number of fused-ring (bicyclic) bond motifs is 1. The third kappa shape index (κ3) is 5.09. The first-order valence-electron chi connectivity index (χ1n) is 13.5. The van der Waals surface area contributed by atoms with E-state index in [0.717, 1.165) is 28.4 Å². The molecule has 5 aromatic rings. The van der Waals surface area contributed by atoms with Gasteiger partial charge in [-0.05, 0) is 61.7 Å². The van der Waals surface area contributed by atoms with E-state index in [2.05, 4.69) is 4.98 Å². The molecule has 0 amide bonds. The zero-order chi connectivity index (χ0) is 30.5. The minimum absolute atomic E-state index is 0.00429. The van der Waals surface area contributed by atoms with Crippen LogP contribution >= 0.6 is 0 Å². The number of sulfonamides is 1. The fourth-order valence-electron chi connectivity index (χ4n) is 5.34. The third-order valence-electron chi connectivity index (χ3n) is 7.56. The summed E-state index contributed by atoms with van der Waals surface area (Å²) in [5.41, 5.74) is 2.05. The Morgan fingerprint density at radius 1 is 0.814 bits per heavy atom. The number of halogens is 2. The van der Waals surface area contributed by atoms with E-state index in [1.807, 2.05) is 6.92 Å². The quantitative estimate of drug-likeness (QED) is 0.221. The van der Waals surface area contributed by atoms with Crippen LogP contribution in [0.15, 0.2) is 88.9 Å². The topological polar surface area (TPSA) is 98.6 Å². The average molecular weight is 624 g/mol. The molecule has 1 fully saturated rings. The highest BCUT2D eigenvalue weighted by Crippen LogP contribution is 2.40. The molecular weight excluding hydrogens is 596 g/mol. The van der Waals surface area contributed by atoms with Crippen LogP contribution in [0.3, 0.4) is 0 Å². The molecule has 12 heteroatoms. The number of benzene rings is 3. The molecule has 3 heterocycles. The summed E-state index contributed by atoms with van der Waals surface area (Å²) < 4.78 is 91.0. The second kappa shape index (κ2) is 10.9. The van der Waals surface area contributed by atoms with Crippen LogP contribution < -0.4 is 4.74 Å². The maximum Gasteiger partial charge on any atom is 0.269 e. The summed E-state index contributed by atoms with van der Waals surface area (Å²) >= 11 is 0. The Morgan fingerprint density at radius 3 is 2.23 bits per heavy atom. The van der Waals surface area contributed by atoms with E-state index in [4.69, 9.17) is 4.74 Å². The van der Waals surface area contributed by atoms with Gasteiger partial charge in [-0.1, -0.05) is 29.8 Å². The molecule has 8 nitrogen and oxygen atoms in total. The molecule has 0 N–H and O–H groups in total. The van der Waals surface area contributed by atoms with Crippen LogP contribution in [0, 0.1) is 18.6 Å². The summed E-state index contributed by atoms with van der Waals surface area (Å²) in [7, 11) is -6.65. The van der Waals surface area contributed by atoms with Crippen LogP contribution in [-0.4, -0.2) is 50.3 Å². The highest BCUT2D eigenvalue weighted by atomic mass is 32.2. The number of nitrogens with zero attached hydrogens (tertiary/aromatic N) is 3. The van der Waals surface area contributed by atoms with Gasteiger partial charge >= 0.3 is 0 Å². The Morgan fingerprint density at radius 2 is 1.53 bits per heavy atom. The van der Waals surface area contributed by atoms with Gasteiger partial charge in [0.2, 0.25) is 10.0 Å². The number of ether oxygens (including phenoxy) is 1. The number of hydrogen-bond acceptors (Lipinski definition) is 6. The molecule has 1 aliphatic heterocycles. The van der Waals surface area contributed by atoms with Crippen molar-refractivity contribution >= 4 is 31.1 Å². The van der Waals surface area contributed by atoms with E-state index >= 15 is 0 Å². The lowest BCUT2D eigenvalue weighted by Gasteiger charge is -2.16. The predicted molar refractivity (Wildman–Crippen MR) is 159 cm³/mol. The summed E-state index contributed by atoms with van der Waals surface area (Å²) in [5.74, 6) is -2.10. The molecule has 0 bridgehead atoms. The van der Waals surface area contributed by atoms with Crippen LogP contribution in [-0.2, 0) is 20.0 Å². The predicted octanol–water partition coefficient (Wildman–Crippen LogP) is 5.99. The molecule has 1 saturated heterocycles. The van der Waals surface area contributed by atoms with E-state index in [1.54, 1.807) is 36.4 Å². The van der Waals surface area contributed by atoms with Crippen molar-refractivity contribution in [3.05, 3.63) is 96.3 Å². The maximum absolute atomic E-state index is 14.8. The minimum atomic E-state index is -4.18. The second-order valence-electron chi connectivity index (χ2n) is 10.4. The van der Waals surface area contributed by atoms with Gasteiger partial charge in [0, 0.05) is 53.6 Å². The van der Waals surface area contributed by atoms with E-state index in [1.165, 1.54) is 42.0 Å². The molecule has 0 spiro atoms. The Kier molecular flexibility index (Phi) is 7.31. The highest BCUT2D eigenvalue weighted by molar-refractivity contribution is 7.90. The van der Waals surface area contributed by atoms with Crippen molar-refractivity contribution in [3.8, 4) is 28.0 Å². The lowest BCUT2D eigenvalue weighted by atomic mass is 10.0. The molecule has 1 aliphatic rings. The third-order valence-corrected chi connectivity index (χ3v) is 11.1. The van der Waals surface area contributed by atoms with Crippen molar-refractivity contribution < 1.29 is 30.4 Å². The van der Waals surface area contributed by atoms with Gasteiger partial charge in [-0.15, -0.1) is 0 Å². The maximum atomic E-state index is 14.8. The lowest BCUT2D eigenvalue weighted by molar-refractivity contribution is 0.386. The van der Waals surface area contributed by atoms with Gasteiger partial charge in [0.05, 0.1) is 16.9 Å². The van der Waals surface area contributed by atoms with Crippen molar-refractivity contribution in [3.63, 3.8) is 0 Å². The smallest absolute Gasteiger partial charge is 0.269 e. The Hall–Kier alpha value is -4.13. The molecule has 3 aromatic carbocycles. The summed E-state index contributed by atoms with van der Waals surface area (Å²) in [6, 6.07) is 16.1. The Bertz CT molecular complexity index is 2090. The van der Waals surface area contributed by atoms with Gasteiger partial charge in [-0.2, -0.15) is 4.31 Å². The zero-order valence-electron chi connectivity index (χ0n) is 23.3. The highest BCUT2D eigenvalue weighted by Gasteiger charge is 2.28. The second-order valence-corrected chi connectivity index (χ2v) is 14.1. The standard InChI is InChI=1S/C31H27F2N3O5S2/c1-20-8-10-24(11-9-20)43(39,40)36-19-28(26-16-23(32)17-29(33)30(26)41-2)27-15-22(18-34-31(27)36)21-6-5-7-25(14-21)42(37,38)35-12-3-4-13-35/h5-11,14-19H,3-4,12-13H2,1-2H3. The average Bonchev–Trinajstić information content (AvgIpc) is 3.66. The first-order valence-corrected chi connectivity index (χ1v) is 16.4. The van der Waals surface area contributed by atoms with Crippen molar-refractivity contribution in [1.29, 1.82) is 0 Å². The fourth-order valence-corrected chi connectivity index (χ4v) is 8.23. The summed E-state index contributed by atoms with van der Waals surface area (Å²) in [4.78, 5) is 4.61. The van der Waals surface area contributed by atoms with Gasteiger partial charge in [0.1, 0.15) is 5.82 Å². The van der Waals surface area contributed by atoms with Crippen LogP contribution in [0.5, 0.6) is 5.75 Å². The number of hydrogen-bond donors (Lipinski definition) is 0. The largest absolute Gasteiger partial charge is 0.493 e. The number of pyridine rings is 1. The van der Waals surface area contributed by atoms with E-state index in [0.29, 0.717) is 30.3 Å². The van der Waals surface area contributed by atoms with Crippen LogP contribution in [0.4, 0.5) is 8.78 Å². The Labute approximate surface area is 248 Å². The van der Waals surface area contributed by atoms with E-state index in [-0.39, 0.29) is 37.7 Å². The van der Waals surface area contributed by atoms with Crippen LogP contribution in [0.2, 0.25) is 0 Å². The molecule has 6 rings (SSSR count). The number of aromatic nitrogens is 2. The molecule has 43 heavy (non-hydrogen) atoms. The lowest BCUT2D eigenvalue weighted by Crippen LogP contribution is -2.27. The Balaban J connectivity index is 1.58. The first-order chi connectivity index (χ1) is 20.5. The monoisotopic (exact) mass is 623 g/mol. The van der Waals surface area contributed by atoms with Gasteiger partial charge in [0.15, 0.2) is 17.2 Å². The van der Waals surface area contributed by atoms with E-state index in [9.17, 15) is 25.6 Å². The molecule has 222 valence electrons. The van der Waals surface area contributed by atoms with Crippen molar-refractivity contribution in [1.82, 2.24) is 13.3 Å². The molecule has 2 aromatic heterocycles. The number of aryl methyl sites for hydroxylation is 1. The summed E-state index contributed by atoms with van der Waals surface area (Å²) in [6.45, 7) is 2.75. The van der Waals surface area contributed by atoms with Gasteiger partial charge < -0.3 is 4.74 Å². The summed E-state index contributed by atoms with van der Waals surface area (Å²) in [6.07, 6.45) is 4.31. The first kappa shape index (κ1) is 29.0. The zero-order valence-corrected chi connectivity index (χ0v) is 24.9. The van der Waals surface area contributed by atoms with E-state index < -0.39 is 31.7 Å². The SMILES string of the molecule is COc1c(F)cc(F)cc1-c1cn(S(=O)(=O)c2ccc(C)cc2)c2ncc(-c3cccc(S(=O)(=O)N4CCCC4)c3)cc12. The van der Waals surface area contributed by atoms with Crippen molar-refractivity contribution in [2.24, 2.45) is 0 Å². The number of rotatable bonds is 7. The molecule has 0 saturated carbocycles. The molecule has 0 radical (unpaired) electrons. The van der Waals surface area contributed by atoms with Gasteiger partial charge in [-0.25, -0.2) is 34.6 Å². The molecular formula is C31H27F2N3O5S2. The van der Waals surface area contributed by atoms with Gasteiger partial charge in [0.25, 0.3) is 10.0 Å². The van der Waals surface area contributed by atoms with Crippen molar-refractivity contribution in [2.45, 2.75) is 29.6 Å². The van der Waals surface area contributed by atoms with Crippen LogP contribution in [0.25, 0.3) is 33.3 Å². The van der Waals surface area contributed by atoms with Crippen LogP contribution in [0.1, 0.15) is 18.4 Å². The minimum Gasteiger partial charge on any atom is -0.493 e. The summed E-state index contributed by atoms with van der Waals surface area (Å²) in [5, 5.41) is 0.268. The molecule has 0 atom stereocenters. The normalized spacial score (nSPS) is 14.4. The fraction of sp³-hybridized carbons (Fsp3) is 0.194. The van der Waals surface area contributed by atoms with Gasteiger partial charge in [-0.3, -0.25) is 0 Å². The number of methoxy groups -OCH3 is 1. The molecule has 0 aliphatic carbocycles.